The zero-order valence-corrected chi connectivity index (χ0v) is 5.86. The van der Waals surface area contributed by atoms with E-state index in [0.29, 0.717) is 0 Å². The first-order valence-corrected chi connectivity index (χ1v) is 3.30. The molecule has 1 rings (SSSR count). The minimum absolute atomic E-state index is 0.184. The number of carboxylic acid groups (broad SMARTS) is 1. The van der Waals surface area contributed by atoms with Gasteiger partial charge in [-0.05, 0) is 6.42 Å². The first kappa shape index (κ1) is 8.00. The number of nitrogens with zero attached hydrogens (tertiary/aromatic N) is 1. The molecule has 2 N–H and O–H groups in total. The maximum atomic E-state index is 10.8. The van der Waals surface area contributed by atoms with Gasteiger partial charge in [0.05, 0.1) is 6.54 Å². The van der Waals surface area contributed by atoms with E-state index in [-0.39, 0.29) is 19.5 Å². The Labute approximate surface area is 63.2 Å². The highest BCUT2D eigenvalue weighted by Crippen LogP contribution is 2.06. The second-order valence-electron chi connectivity index (χ2n) is 2.47. The summed E-state index contributed by atoms with van der Waals surface area (Å²) in [4.78, 5) is 22.0. The normalized spacial score (nSPS) is 25.4. The smallest absolute Gasteiger partial charge is 0.407 e. The Morgan fingerprint density at radius 2 is 2.27 bits per heavy atom. The molecule has 1 amide bonds. The van der Waals surface area contributed by atoms with Gasteiger partial charge >= 0.3 is 6.09 Å². The molecule has 5 nitrogen and oxygen atoms in total. The lowest BCUT2D eigenvalue weighted by atomic mass is 10.1. The van der Waals surface area contributed by atoms with Crippen LogP contribution in [0.4, 0.5) is 4.79 Å². The van der Waals surface area contributed by atoms with Crippen LogP contribution in [0.1, 0.15) is 6.42 Å². The maximum absolute atomic E-state index is 10.8. The van der Waals surface area contributed by atoms with Crippen LogP contribution in [0.2, 0.25) is 0 Å². The predicted molar refractivity (Wildman–Crippen MR) is 35.2 cm³/mol. The third-order valence-corrected chi connectivity index (χ3v) is 1.66. The summed E-state index contributed by atoms with van der Waals surface area (Å²) >= 11 is 0. The molecule has 0 saturated carbocycles. The zero-order chi connectivity index (χ0) is 8.43. The largest absolute Gasteiger partial charge is 0.465 e. The molecule has 11 heavy (non-hydrogen) atoms. The summed E-state index contributed by atoms with van der Waals surface area (Å²) in [6, 6.07) is 0. The molecule has 1 saturated heterocycles. The number of Topliss-reactive ketones (excluding diaryl/α,β-unsaturated/α-hetero) is 1. The van der Waals surface area contributed by atoms with E-state index in [4.69, 9.17) is 10.2 Å². The van der Waals surface area contributed by atoms with E-state index in [9.17, 15) is 9.59 Å². The molecule has 0 aromatic rings. The number of hydrogen-bond acceptors (Lipinski definition) is 3. The summed E-state index contributed by atoms with van der Waals surface area (Å²) < 4.78 is 0. The van der Waals surface area contributed by atoms with E-state index in [2.05, 4.69) is 0 Å². The van der Waals surface area contributed by atoms with Gasteiger partial charge < -0.3 is 15.1 Å². The number of carbonyl (C=O) groups is 2. The summed E-state index contributed by atoms with van der Waals surface area (Å²) in [7, 11) is 0. The lowest BCUT2D eigenvalue weighted by molar-refractivity contribution is -0.131. The minimum atomic E-state index is -1.11. The standard InChI is InChI=1S/C6H9NO4/c8-4-1-2-7(6(10)11)3-5(4)9/h4,8H,1-3H2,(H,10,11). The molecule has 1 aliphatic rings. The Balaban J connectivity index is 2.53. The van der Waals surface area contributed by atoms with E-state index in [1.807, 2.05) is 0 Å². The molecule has 0 aliphatic carbocycles. The maximum Gasteiger partial charge on any atom is 0.407 e. The van der Waals surface area contributed by atoms with Crippen LogP contribution < -0.4 is 0 Å². The second-order valence-corrected chi connectivity index (χ2v) is 2.47. The lowest BCUT2D eigenvalue weighted by Gasteiger charge is -2.25. The summed E-state index contributed by atoms with van der Waals surface area (Å²) in [5.74, 6) is -0.418. The van der Waals surface area contributed by atoms with Crippen LogP contribution in [0.5, 0.6) is 0 Å². The van der Waals surface area contributed by atoms with E-state index >= 15 is 0 Å². The van der Waals surface area contributed by atoms with Crippen molar-refractivity contribution in [3.8, 4) is 0 Å². The number of carbonyl (C=O) groups excluding carboxylic acids is 1. The Hall–Kier alpha value is -1.10. The fraction of sp³-hybridized carbons (Fsp3) is 0.667. The number of aliphatic hydroxyl groups is 1. The average molecular weight is 159 g/mol. The molecular formula is C6H9NO4. The van der Waals surface area contributed by atoms with E-state index in [1.54, 1.807) is 0 Å². The van der Waals surface area contributed by atoms with Gasteiger partial charge in [-0.3, -0.25) is 4.79 Å². The zero-order valence-electron chi connectivity index (χ0n) is 5.86. The van der Waals surface area contributed by atoms with Gasteiger partial charge in [-0.2, -0.15) is 0 Å². The summed E-state index contributed by atoms with van der Waals surface area (Å²) in [6.07, 6.45) is -1.86. The number of piperidine rings is 1. The molecule has 0 bridgehead atoms. The number of ketones is 1. The molecule has 0 radical (unpaired) electrons. The molecule has 5 heteroatoms. The van der Waals surface area contributed by atoms with Crippen molar-refractivity contribution in [3.05, 3.63) is 0 Å². The highest BCUT2D eigenvalue weighted by Gasteiger charge is 2.27. The van der Waals surface area contributed by atoms with Crippen molar-refractivity contribution in [2.24, 2.45) is 0 Å². The Morgan fingerprint density at radius 1 is 1.64 bits per heavy atom. The van der Waals surface area contributed by atoms with Crippen LogP contribution in [0, 0.1) is 0 Å². The van der Waals surface area contributed by atoms with E-state index in [1.165, 1.54) is 0 Å². The van der Waals surface area contributed by atoms with Gasteiger partial charge in [0.2, 0.25) is 0 Å². The van der Waals surface area contributed by atoms with Gasteiger partial charge in [0, 0.05) is 6.54 Å². The van der Waals surface area contributed by atoms with Crippen LogP contribution in [0.3, 0.4) is 0 Å². The van der Waals surface area contributed by atoms with Crippen LogP contribution in [-0.2, 0) is 4.79 Å². The number of likely N-dealkylation sites (tertiary alicyclic amines) is 1. The summed E-state index contributed by atoms with van der Waals surface area (Å²) in [5, 5.41) is 17.3. The topological polar surface area (TPSA) is 77.8 Å². The van der Waals surface area contributed by atoms with Gasteiger partial charge in [-0.15, -0.1) is 0 Å². The molecule has 0 spiro atoms. The molecule has 0 aromatic heterocycles. The molecule has 0 aromatic carbocycles. The van der Waals surface area contributed by atoms with Crippen LogP contribution >= 0.6 is 0 Å². The van der Waals surface area contributed by atoms with Gasteiger partial charge in [0.1, 0.15) is 6.10 Å². The van der Waals surface area contributed by atoms with Gasteiger partial charge in [-0.1, -0.05) is 0 Å². The number of amides is 1. The first-order valence-electron chi connectivity index (χ1n) is 3.30. The molecule has 1 heterocycles. The third-order valence-electron chi connectivity index (χ3n) is 1.66. The van der Waals surface area contributed by atoms with E-state index < -0.39 is 18.0 Å². The molecule has 1 fully saturated rings. The number of aliphatic hydroxyl groups excluding tert-OH is 1. The number of rotatable bonds is 0. The fourth-order valence-electron chi connectivity index (χ4n) is 0.975. The van der Waals surface area contributed by atoms with Crippen LogP contribution in [0.15, 0.2) is 0 Å². The van der Waals surface area contributed by atoms with Crippen molar-refractivity contribution in [2.45, 2.75) is 12.5 Å². The molecule has 62 valence electrons. The Morgan fingerprint density at radius 3 is 2.73 bits per heavy atom. The van der Waals surface area contributed by atoms with Crippen molar-refractivity contribution in [1.29, 1.82) is 0 Å². The van der Waals surface area contributed by atoms with Gasteiger partial charge in [0.25, 0.3) is 0 Å². The van der Waals surface area contributed by atoms with Crippen molar-refractivity contribution >= 4 is 11.9 Å². The highest BCUT2D eigenvalue weighted by molar-refractivity contribution is 5.88. The van der Waals surface area contributed by atoms with E-state index in [0.717, 1.165) is 4.90 Å². The van der Waals surface area contributed by atoms with Crippen molar-refractivity contribution < 1.29 is 19.8 Å². The first-order chi connectivity index (χ1) is 5.11. The van der Waals surface area contributed by atoms with Gasteiger partial charge in [-0.25, -0.2) is 4.79 Å². The SMILES string of the molecule is O=C1CN(C(=O)O)CCC1O. The summed E-state index contributed by atoms with van der Waals surface area (Å²) in [5.41, 5.74) is 0. The third kappa shape index (κ3) is 1.68. The second kappa shape index (κ2) is 2.87. The monoisotopic (exact) mass is 159 g/mol. The van der Waals surface area contributed by atoms with Crippen LogP contribution in [0.25, 0.3) is 0 Å². The van der Waals surface area contributed by atoms with Crippen molar-refractivity contribution in [2.75, 3.05) is 13.1 Å². The van der Waals surface area contributed by atoms with Crippen molar-refractivity contribution in [1.82, 2.24) is 4.90 Å². The van der Waals surface area contributed by atoms with Crippen molar-refractivity contribution in [3.63, 3.8) is 0 Å². The quantitative estimate of drug-likeness (QED) is 0.490. The van der Waals surface area contributed by atoms with Crippen LogP contribution in [-0.4, -0.2) is 46.2 Å². The molecule has 1 atom stereocenters. The molecular weight excluding hydrogens is 150 g/mol. The van der Waals surface area contributed by atoms with Gasteiger partial charge in [0.15, 0.2) is 5.78 Å². The Kier molecular flexibility index (Phi) is 2.09. The predicted octanol–water partition coefficient (Wildman–Crippen LogP) is -0.700. The number of hydrogen-bond donors (Lipinski definition) is 2. The average Bonchev–Trinajstić information content (AvgIpc) is 1.94. The Bertz CT molecular complexity index is 191. The molecule has 1 unspecified atom stereocenters. The minimum Gasteiger partial charge on any atom is -0.465 e. The lowest BCUT2D eigenvalue weighted by Crippen LogP contribution is -2.45. The summed E-state index contributed by atoms with van der Waals surface area (Å²) in [6.45, 7) is 0.0543. The molecule has 1 aliphatic heterocycles. The highest BCUT2D eigenvalue weighted by atomic mass is 16.4. The fourth-order valence-corrected chi connectivity index (χ4v) is 0.975.